The van der Waals surface area contributed by atoms with Crippen molar-refractivity contribution in [1.29, 1.82) is 0 Å². The molecule has 0 heterocycles. The average molecular weight is 285 g/mol. The quantitative estimate of drug-likeness (QED) is 0.650. The highest BCUT2D eigenvalue weighted by Gasteiger charge is 2.23. The van der Waals surface area contributed by atoms with Gasteiger partial charge in [0, 0.05) is 22.8 Å². The molecule has 7 heteroatoms. The molecule has 106 valence electrons. The van der Waals surface area contributed by atoms with Crippen molar-refractivity contribution in [3.05, 3.63) is 63.7 Å². The van der Waals surface area contributed by atoms with Crippen LogP contribution >= 0.6 is 0 Å². The van der Waals surface area contributed by atoms with Crippen molar-refractivity contribution in [3.8, 4) is 11.1 Å². The summed E-state index contributed by atoms with van der Waals surface area (Å²) in [4.78, 5) is 33.6. The fourth-order valence-electron chi connectivity index (χ4n) is 2.10. The summed E-state index contributed by atoms with van der Waals surface area (Å²) in [6.45, 7) is 0. The predicted molar refractivity (Wildman–Crippen MR) is 75.6 cm³/mol. The molecule has 2 amide bonds. The summed E-state index contributed by atoms with van der Waals surface area (Å²) in [5, 5.41) is 11.1. The van der Waals surface area contributed by atoms with Gasteiger partial charge in [0.2, 0.25) is 11.8 Å². The number of carbonyl (C=O) groups excluding carboxylic acids is 2. The number of nitrogens with two attached hydrogens (primary N) is 2. The van der Waals surface area contributed by atoms with Crippen LogP contribution in [-0.2, 0) is 0 Å². The van der Waals surface area contributed by atoms with E-state index in [9.17, 15) is 19.7 Å². The first kappa shape index (κ1) is 14.2. The van der Waals surface area contributed by atoms with Crippen LogP contribution in [0.1, 0.15) is 20.7 Å². The number of para-hydroxylation sites is 1. The molecule has 0 bridgehead atoms. The van der Waals surface area contributed by atoms with Gasteiger partial charge in [-0.15, -0.1) is 0 Å². The number of carbonyl (C=O) groups is 2. The van der Waals surface area contributed by atoms with Gasteiger partial charge in [0.1, 0.15) is 0 Å². The maximum atomic E-state index is 11.6. The minimum Gasteiger partial charge on any atom is -0.366 e. The van der Waals surface area contributed by atoms with Crippen molar-refractivity contribution in [3.63, 3.8) is 0 Å². The number of rotatable bonds is 4. The molecule has 7 nitrogen and oxygen atoms in total. The molecule has 0 aromatic heterocycles. The van der Waals surface area contributed by atoms with Gasteiger partial charge < -0.3 is 11.5 Å². The molecular weight excluding hydrogens is 274 g/mol. The van der Waals surface area contributed by atoms with Crippen LogP contribution in [0.4, 0.5) is 5.69 Å². The second kappa shape index (κ2) is 5.41. The maximum Gasteiger partial charge on any atom is 0.277 e. The number of benzene rings is 2. The zero-order valence-electron chi connectivity index (χ0n) is 10.8. The van der Waals surface area contributed by atoms with Gasteiger partial charge in [0.25, 0.3) is 5.69 Å². The Kier molecular flexibility index (Phi) is 3.66. The number of hydrogen-bond acceptors (Lipinski definition) is 4. The first-order chi connectivity index (χ1) is 9.93. The summed E-state index contributed by atoms with van der Waals surface area (Å²) in [6, 6.07) is 9.98. The van der Waals surface area contributed by atoms with E-state index in [1.165, 1.54) is 36.4 Å². The standard InChI is InChI=1S/C14H11N3O4/c15-13(18)9-5-3-6-10(14(16)19)12(9)8-4-1-2-7-11(8)17(20)21/h1-7H,(H2,15,18)(H2,16,19). The summed E-state index contributed by atoms with van der Waals surface area (Å²) in [5.41, 5.74) is 10.5. The van der Waals surface area contributed by atoms with Crippen LogP contribution in [0, 0.1) is 10.1 Å². The Bertz CT molecular complexity index is 723. The highest BCUT2D eigenvalue weighted by Crippen LogP contribution is 2.34. The molecular formula is C14H11N3O4. The van der Waals surface area contributed by atoms with Gasteiger partial charge in [-0.25, -0.2) is 0 Å². The fraction of sp³-hybridized carbons (Fsp3) is 0. The summed E-state index contributed by atoms with van der Waals surface area (Å²) in [6.07, 6.45) is 0. The highest BCUT2D eigenvalue weighted by molar-refractivity contribution is 6.09. The van der Waals surface area contributed by atoms with Gasteiger partial charge in [0.15, 0.2) is 0 Å². The minimum atomic E-state index is -0.800. The molecule has 0 radical (unpaired) electrons. The SMILES string of the molecule is NC(=O)c1cccc(C(N)=O)c1-c1ccccc1[N+](=O)[O-]. The van der Waals surface area contributed by atoms with Gasteiger partial charge >= 0.3 is 0 Å². The monoisotopic (exact) mass is 285 g/mol. The Morgan fingerprint density at radius 2 is 1.43 bits per heavy atom. The molecule has 4 N–H and O–H groups in total. The Labute approximate surface area is 119 Å². The number of nitro benzene ring substituents is 1. The number of primary amides is 2. The van der Waals surface area contributed by atoms with Crippen molar-refractivity contribution in [1.82, 2.24) is 0 Å². The summed E-state index contributed by atoms with van der Waals surface area (Å²) in [7, 11) is 0. The van der Waals surface area contributed by atoms with Gasteiger partial charge in [-0.1, -0.05) is 18.2 Å². The zero-order valence-corrected chi connectivity index (χ0v) is 10.8. The molecule has 0 fully saturated rings. The molecule has 2 rings (SSSR count). The third-order valence-corrected chi connectivity index (χ3v) is 2.97. The van der Waals surface area contributed by atoms with E-state index >= 15 is 0 Å². The van der Waals surface area contributed by atoms with Crippen LogP contribution in [0.15, 0.2) is 42.5 Å². The van der Waals surface area contributed by atoms with Crippen molar-refractivity contribution >= 4 is 17.5 Å². The molecule has 0 aliphatic rings. The molecule has 0 aliphatic carbocycles. The lowest BCUT2D eigenvalue weighted by Crippen LogP contribution is -2.18. The lowest BCUT2D eigenvalue weighted by atomic mass is 9.92. The second-order valence-corrected chi connectivity index (χ2v) is 4.23. The molecule has 2 aromatic rings. The van der Waals surface area contributed by atoms with Crippen LogP contribution in [0.2, 0.25) is 0 Å². The third-order valence-electron chi connectivity index (χ3n) is 2.97. The molecule has 0 aliphatic heterocycles. The van der Waals surface area contributed by atoms with Crippen molar-refractivity contribution in [2.24, 2.45) is 11.5 Å². The number of hydrogen-bond donors (Lipinski definition) is 2. The van der Waals surface area contributed by atoms with Crippen molar-refractivity contribution < 1.29 is 14.5 Å². The summed E-state index contributed by atoms with van der Waals surface area (Å²) < 4.78 is 0. The van der Waals surface area contributed by atoms with Crippen LogP contribution in [0.3, 0.4) is 0 Å². The van der Waals surface area contributed by atoms with Crippen LogP contribution in [0.25, 0.3) is 11.1 Å². The maximum absolute atomic E-state index is 11.6. The largest absolute Gasteiger partial charge is 0.366 e. The van der Waals surface area contributed by atoms with E-state index in [0.717, 1.165) is 0 Å². The van der Waals surface area contributed by atoms with Gasteiger partial charge in [-0.3, -0.25) is 19.7 Å². The topological polar surface area (TPSA) is 129 Å². The Morgan fingerprint density at radius 3 is 1.90 bits per heavy atom. The molecule has 0 atom stereocenters. The zero-order chi connectivity index (χ0) is 15.6. The Morgan fingerprint density at radius 1 is 0.905 bits per heavy atom. The van der Waals surface area contributed by atoms with E-state index in [-0.39, 0.29) is 27.9 Å². The van der Waals surface area contributed by atoms with Crippen LogP contribution in [-0.4, -0.2) is 16.7 Å². The summed E-state index contributed by atoms with van der Waals surface area (Å²) >= 11 is 0. The summed E-state index contributed by atoms with van der Waals surface area (Å²) in [5.74, 6) is -1.60. The van der Waals surface area contributed by atoms with E-state index in [0.29, 0.717) is 0 Å². The number of amides is 2. The Balaban J connectivity index is 2.88. The normalized spacial score (nSPS) is 10.1. The van der Waals surface area contributed by atoms with Gasteiger partial charge in [-0.05, 0) is 18.2 Å². The first-order valence-electron chi connectivity index (χ1n) is 5.90. The lowest BCUT2D eigenvalue weighted by Gasteiger charge is -2.11. The molecule has 0 unspecified atom stereocenters. The van der Waals surface area contributed by atoms with E-state index in [1.54, 1.807) is 6.07 Å². The lowest BCUT2D eigenvalue weighted by molar-refractivity contribution is -0.384. The third kappa shape index (κ3) is 2.57. The average Bonchev–Trinajstić information content (AvgIpc) is 2.46. The Hall–Kier alpha value is -3.22. The van der Waals surface area contributed by atoms with Gasteiger partial charge in [-0.2, -0.15) is 0 Å². The first-order valence-corrected chi connectivity index (χ1v) is 5.90. The molecule has 0 saturated heterocycles. The van der Waals surface area contributed by atoms with E-state index in [1.807, 2.05) is 0 Å². The van der Waals surface area contributed by atoms with E-state index < -0.39 is 16.7 Å². The fourth-order valence-corrected chi connectivity index (χ4v) is 2.10. The van der Waals surface area contributed by atoms with Crippen LogP contribution < -0.4 is 11.5 Å². The van der Waals surface area contributed by atoms with Crippen molar-refractivity contribution in [2.45, 2.75) is 0 Å². The smallest absolute Gasteiger partial charge is 0.277 e. The molecule has 21 heavy (non-hydrogen) atoms. The van der Waals surface area contributed by atoms with E-state index in [4.69, 9.17) is 11.5 Å². The minimum absolute atomic E-state index is 0.000556. The molecule has 0 spiro atoms. The second-order valence-electron chi connectivity index (χ2n) is 4.23. The number of nitrogens with zero attached hydrogens (tertiary/aromatic N) is 1. The van der Waals surface area contributed by atoms with Crippen molar-refractivity contribution in [2.75, 3.05) is 0 Å². The van der Waals surface area contributed by atoms with Gasteiger partial charge in [0.05, 0.1) is 10.5 Å². The highest BCUT2D eigenvalue weighted by atomic mass is 16.6. The molecule has 2 aromatic carbocycles. The number of nitro groups is 1. The molecule has 0 saturated carbocycles. The van der Waals surface area contributed by atoms with Crippen LogP contribution in [0.5, 0.6) is 0 Å². The van der Waals surface area contributed by atoms with E-state index in [2.05, 4.69) is 0 Å². The predicted octanol–water partition coefficient (Wildman–Crippen LogP) is 1.46.